The molecule has 12 nitrogen and oxygen atoms in total. The third-order valence-electron chi connectivity index (χ3n) is 5.51. The zero-order valence-electron chi connectivity index (χ0n) is 18.0. The molecule has 31 heavy (non-hydrogen) atoms. The summed E-state index contributed by atoms with van der Waals surface area (Å²) in [7, 11) is 0. The molecule has 2 amide bonds. The van der Waals surface area contributed by atoms with Gasteiger partial charge in [0.2, 0.25) is 11.8 Å². The van der Waals surface area contributed by atoms with Crippen molar-refractivity contribution in [2.45, 2.75) is 88.8 Å². The van der Waals surface area contributed by atoms with E-state index in [1.54, 1.807) is 0 Å². The number of carbonyl (C=O) groups excluding carboxylic acids is 2. The number of carbonyl (C=O) groups is 2. The number of amides is 2. The topological polar surface area (TPSA) is 187 Å². The van der Waals surface area contributed by atoms with Gasteiger partial charge in [-0.3, -0.25) is 9.59 Å². The Balaban J connectivity index is 2.31. The average Bonchev–Trinajstić information content (AvgIpc) is 2.69. The Morgan fingerprint density at radius 3 is 1.90 bits per heavy atom. The molecule has 2 aliphatic heterocycles. The maximum atomic E-state index is 11.7. The van der Waals surface area contributed by atoms with Crippen LogP contribution in [0.5, 0.6) is 0 Å². The van der Waals surface area contributed by atoms with E-state index in [0.717, 1.165) is 0 Å². The Kier molecular flexibility index (Phi) is 9.15. The summed E-state index contributed by atoms with van der Waals surface area (Å²) in [5.41, 5.74) is 0. The zero-order chi connectivity index (χ0) is 23.5. The van der Waals surface area contributed by atoms with Gasteiger partial charge in [0.1, 0.15) is 42.7 Å². The van der Waals surface area contributed by atoms with Crippen LogP contribution in [0.2, 0.25) is 0 Å². The van der Waals surface area contributed by atoms with Crippen molar-refractivity contribution in [2.75, 3.05) is 13.2 Å². The summed E-state index contributed by atoms with van der Waals surface area (Å²) in [5, 5.41) is 55.9. The highest BCUT2D eigenvalue weighted by molar-refractivity contribution is 5.73. The van der Waals surface area contributed by atoms with E-state index in [1.807, 2.05) is 13.8 Å². The van der Waals surface area contributed by atoms with Crippen LogP contribution in [0.3, 0.4) is 0 Å². The lowest BCUT2D eigenvalue weighted by Crippen LogP contribution is -2.69. The second-order valence-corrected chi connectivity index (χ2v) is 8.32. The normalized spacial score (nSPS) is 41.1. The van der Waals surface area contributed by atoms with E-state index in [4.69, 9.17) is 14.2 Å². The lowest BCUT2D eigenvalue weighted by Gasteiger charge is -2.49. The third kappa shape index (κ3) is 5.90. The van der Waals surface area contributed by atoms with Gasteiger partial charge in [-0.05, 0) is 5.92 Å². The van der Waals surface area contributed by atoms with Crippen molar-refractivity contribution >= 4 is 11.8 Å². The molecule has 2 rings (SSSR count). The van der Waals surface area contributed by atoms with Gasteiger partial charge in [0, 0.05) is 13.8 Å². The fraction of sp³-hybridized carbons (Fsp3) is 0.895. The van der Waals surface area contributed by atoms with E-state index in [1.165, 1.54) is 13.8 Å². The van der Waals surface area contributed by atoms with Crippen molar-refractivity contribution in [1.29, 1.82) is 0 Å². The van der Waals surface area contributed by atoms with Crippen LogP contribution >= 0.6 is 0 Å². The lowest BCUT2D eigenvalue weighted by molar-refractivity contribution is -0.316. The number of rotatable bonds is 7. The molecule has 0 bridgehead atoms. The highest BCUT2D eigenvalue weighted by atomic mass is 16.7. The van der Waals surface area contributed by atoms with Crippen molar-refractivity contribution in [3.8, 4) is 0 Å². The number of nitrogens with one attached hydrogen (secondary N) is 2. The molecule has 2 aliphatic rings. The summed E-state index contributed by atoms with van der Waals surface area (Å²) < 4.78 is 17.3. The number of hydrogen-bond acceptors (Lipinski definition) is 10. The molecule has 0 aliphatic carbocycles. The second kappa shape index (κ2) is 11.0. The molecular weight excluding hydrogens is 416 g/mol. The van der Waals surface area contributed by atoms with Gasteiger partial charge >= 0.3 is 0 Å². The van der Waals surface area contributed by atoms with Crippen LogP contribution in [0, 0.1) is 5.92 Å². The molecule has 7 N–H and O–H groups in total. The van der Waals surface area contributed by atoms with Crippen LogP contribution in [-0.4, -0.2) is 112 Å². The molecule has 2 fully saturated rings. The second-order valence-electron chi connectivity index (χ2n) is 8.32. The smallest absolute Gasteiger partial charge is 0.217 e. The first kappa shape index (κ1) is 25.9. The van der Waals surface area contributed by atoms with Gasteiger partial charge in [-0.2, -0.15) is 0 Å². The van der Waals surface area contributed by atoms with E-state index >= 15 is 0 Å². The molecule has 180 valence electrons. The minimum atomic E-state index is -1.54. The zero-order valence-corrected chi connectivity index (χ0v) is 18.0. The summed E-state index contributed by atoms with van der Waals surface area (Å²) in [4.78, 5) is 23.3. The molecule has 0 aromatic carbocycles. The van der Waals surface area contributed by atoms with E-state index < -0.39 is 86.1 Å². The molecule has 10 atom stereocenters. The molecule has 0 radical (unpaired) electrons. The predicted octanol–water partition coefficient (Wildman–Crippen LogP) is -3.40. The van der Waals surface area contributed by atoms with Gasteiger partial charge in [0.25, 0.3) is 0 Å². The van der Waals surface area contributed by atoms with Crippen molar-refractivity contribution in [1.82, 2.24) is 10.6 Å². The van der Waals surface area contributed by atoms with Crippen LogP contribution in [-0.2, 0) is 23.8 Å². The first-order valence-corrected chi connectivity index (χ1v) is 10.3. The Bertz CT molecular complexity index is 620. The molecule has 2 heterocycles. The summed E-state index contributed by atoms with van der Waals surface area (Å²) in [6.07, 6.45) is -9.83. The fourth-order valence-electron chi connectivity index (χ4n) is 4.01. The average molecular weight is 450 g/mol. The van der Waals surface area contributed by atoms with Gasteiger partial charge in [0.15, 0.2) is 6.29 Å². The number of aliphatic hydroxyl groups is 5. The molecule has 0 aromatic heterocycles. The monoisotopic (exact) mass is 450 g/mol. The summed E-state index contributed by atoms with van der Waals surface area (Å²) in [6.45, 7) is 5.00. The largest absolute Gasteiger partial charge is 0.394 e. The van der Waals surface area contributed by atoms with E-state index in [-0.39, 0.29) is 5.92 Å². The lowest BCUT2D eigenvalue weighted by atomic mass is 9.87. The van der Waals surface area contributed by atoms with Crippen LogP contribution in [0.15, 0.2) is 0 Å². The Hall–Kier alpha value is -1.38. The number of aliphatic hydroxyl groups excluding tert-OH is 5. The Morgan fingerprint density at radius 2 is 1.42 bits per heavy atom. The van der Waals surface area contributed by atoms with Crippen LogP contribution in [0.25, 0.3) is 0 Å². The van der Waals surface area contributed by atoms with Crippen LogP contribution in [0.1, 0.15) is 27.7 Å². The van der Waals surface area contributed by atoms with E-state index in [9.17, 15) is 35.1 Å². The van der Waals surface area contributed by atoms with Gasteiger partial charge in [-0.1, -0.05) is 13.8 Å². The van der Waals surface area contributed by atoms with Crippen molar-refractivity contribution in [3.63, 3.8) is 0 Å². The summed E-state index contributed by atoms with van der Waals surface area (Å²) in [5.74, 6) is -1.05. The van der Waals surface area contributed by atoms with Crippen LogP contribution < -0.4 is 10.6 Å². The number of ether oxygens (including phenoxy) is 3. The maximum Gasteiger partial charge on any atom is 0.217 e. The van der Waals surface area contributed by atoms with Crippen LogP contribution in [0.4, 0.5) is 0 Å². The molecular formula is C19H34N2O10. The van der Waals surface area contributed by atoms with Gasteiger partial charge in [0.05, 0.1) is 25.4 Å². The van der Waals surface area contributed by atoms with Crippen molar-refractivity contribution in [2.24, 2.45) is 5.92 Å². The standard InChI is InChI=1S/C19H34N2O10/c1-7(2)17-12(20-8(3)24)16(28)18(11(6-23)29-17)31-19-13(21-9(4)25)15(27)14(26)10(5-22)30-19/h7,10-19,22-23,26-28H,5-6H2,1-4H3,(H,20,24)(H,21,25). The minimum absolute atomic E-state index is 0.115. The highest BCUT2D eigenvalue weighted by Gasteiger charge is 2.51. The SMILES string of the molecule is CC(=O)NC1C(OC2C(CO)OC(C(C)C)C(NC(C)=O)C2O)OC(CO)C(O)C1O. The summed E-state index contributed by atoms with van der Waals surface area (Å²) in [6, 6.07) is -2.10. The Labute approximate surface area is 180 Å². The maximum absolute atomic E-state index is 11.7. The Morgan fingerprint density at radius 1 is 0.871 bits per heavy atom. The fourth-order valence-corrected chi connectivity index (χ4v) is 4.01. The predicted molar refractivity (Wildman–Crippen MR) is 104 cm³/mol. The van der Waals surface area contributed by atoms with Gasteiger partial charge in [-0.25, -0.2) is 0 Å². The molecule has 0 saturated carbocycles. The molecule has 0 spiro atoms. The highest BCUT2D eigenvalue weighted by Crippen LogP contribution is 2.31. The van der Waals surface area contributed by atoms with E-state index in [0.29, 0.717) is 0 Å². The minimum Gasteiger partial charge on any atom is -0.394 e. The third-order valence-corrected chi connectivity index (χ3v) is 5.51. The molecule has 0 aromatic rings. The number of hydrogen-bond donors (Lipinski definition) is 7. The van der Waals surface area contributed by atoms with E-state index in [2.05, 4.69) is 10.6 Å². The van der Waals surface area contributed by atoms with Gasteiger partial charge < -0.3 is 50.4 Å². The molecule has 10 unspecified atom stereocenters. The van der Waals surface area contributed by atoms with Crippen molar-refractivity contribution in [3.05, 3.63) is 0 Å². The summed E-state index contributed by atoms with van der Waals surface area (Å²) >= 11 is 0. The molecule has 12 heteroatoms. The first-order chi connectivity index (χ1) is 14.5. The van der Waals surface area contributed by atoms with Gasteiger partial charge in [-0.15, -0.1) is 0 Å². The molecule has 2 saturated heterocycles. The first-order valence-electron chi connectivity index (χ1n) is 10.3. The van der Waals surface area contributed by atoms with Crippen molar-refractivity contribution < 1.29 is 49.3 Å². The quantitative estimate of drug-likeness (QED) is 0.206.